The second kappa shape index (κ2) is 5.53. The molecular weight excluding hydrogens is 202 g/mol. The van der Waals surface area contributed by atoms with Crippen LogP contribution in [0, 0.1) is 0 Å². The van der Waals surface area contributed by atoms with Gasteiger partial charge in [-0.25, -0.2) is 5.43 Å². The van der Waals surface area contributed by atoms with Gasteiger partial charge in [-0.3, -0.25) is 0 Å². The van der Waals surface area contributed by atoms with Crippen LogP contribution in [0.3, 0.4) is 0 Å². The summed E-state index contributed by atoms with van der Waals surface area (Å²) in [5.41, 5.74) is 1.80. The Kier molecular flexibility index (Phi) is 4.33. The predicted octanol–water partition coefficient (Wildman–Crippen LogP) is 1.94. The smallest absolute Gasteiger partial charge is 0.212 e. The van der Waals surface area contributed by atoms with Crippen molar-refractivity contribution in [1.82, 2.24) is 15.7 Å². The van der Waals surface area contributed by atoms with E-state index in [1.807, 2.05) is 18.7 Å². The molecule has 1 aliphatic heterocycles. The molecule has 1 N–H and O–H groups in total. The second-order valence-corrected chi connectivity index (χ2v) is 3.31. The highest BCUT2D eigenvalue weighted by Gasteiger charge is 2.16. The first kappa shape index (κ1) is 11.7. The van der Waals surface area contributed by atoms with Gasteiger partial charge in [0.2, 0.25) is 5.95 Å². The summed E-state index contributed by atoms with van der Waals surface area (Å²) < 4.78 is 25.6. The summed E-state index contributed by atoms with van der Waals surface area (Å²) >= 11 is 0. The molecule has 0 unspecified atom stereocenters. The van der Waals surface area contributed by atoms with E-state index in [-0.39, 0.29) is 5.34 Å². The Labute approximate surface area is 88.1 Å². The predicted molar refractivity (Wildman–Crippen MR) is 54.9 cm³/mol. The van der Waals surface area contributed by atoms with E-state index in [2.05, 4.69) is 5.10 Å². The van der Waals surface area contributed by atoms with Crippen LogP contribution >= 0.6 is 0 Å². The quantitative estimate of drug-likeness (QED) is 0.578. The van der Waals surface area contributed by atoms with Crippen LogP contribution in [0.25, 0.3) is 0 Å². The van der Waals surface area contributed by atoms with Crippen LogP contribution in [0.1, 0.15) is 26.7 Å². The molecule has 4 nitrogen and oxygen atoms in total. The van der Waals surface area contributed by atoms with Crippen LogP contribution in [0.5, 0.6) is 0 Å². The third kappa shape index (κ3) is 3.38. The molecular formula is C9H16F2N4. The van der Waals surface area contributed by atoms with E-state index >= 15 is 0 Å². The summed E-state index contributed by atoms with van der Waals surface area (Å²) in [6, 6.07) is 0. The minimum Gasteiger partial charge on any atom is -0.355 e. The van der Waals surface area contributed by atoms with Crippen LogP contribution in [-0.2, 0) is 0 Å². The van der Waals surface area contributed by atoms with Crippen molar-refractivity contribution < 1.29 is 8.87 Å². The molecule has 0 bridgehead atoms. The number of nitrogens with zero attached hydrogens (tertiary/aromatic N) is 3. The van der Waals surface area contributed by atoms with Crippen molar-refractivity contribution in [3.05, 3.63) is 12.0 Å². The van der Waals surface area contributed by atoms with Gasteiger partial charge in [-0.05, 0) is 18.2 Å². The van der Waals surface area contributed by atoms with Crippen LogP contribution in [0.4, 0.5) is 8.87 Å². The molecule has 0 saturated heterocycles. The van der Waals surface area contributed by atoms with Gasteiger partial charge in [-0.15, -0.1) is 5.10 Å². The highest BCUT2D eigenvalue weighted by molar-refractivity contribution is 5.93. The first-order valence-corrected chi connectivity index (χ1v) is 5.10. The lowest BCUT2D eigenvalue weighted by Gasteiger charge is -2.26. The molecule has 0 aromatic rings. The average Bonchev–Trinajstić information content (AvgIpc) is 2.16. The maximum atomic E-state index is 12.9. The van der Waals surface area contributed by atoms with Gasteiger partial charge in [0.25, 0.3) is 0 Å². The molecule has 0 radical (unpaired) electrons. The average molecular weight is 218 g/mol. The third-order valence-corrected chi connectivity index (χ3v) is 1.96. The molecule has 15 heavy (non-hydrogen) atoms. The molecule has 0 saturated carbocycles. The van der Waals surface area contributed by atoms with E-state index in [9.17, 15) is 8.87 Å². The number of hydrazine groups is 1. The van der Waals surface area contributed by atoms with Gasteiger partial charge >= 0.3 is 0 Å². The third-order valence-electron chi connectivity index (χ3n) is 1.96. The Morgan fingerprint density at radius 1 is 1.40 bits per heavy atom. The molecule has 6 heteroatoms. The number of amidine groups is 1. The Balaban J connectivity index is 2.73. The summed E-state index contributed by atoms with van der Waals surface area (Å²) in [5.74, 6) is -0.419. The molecule has 0 amide bonds. The van der Waals surface area contributed by atoms with E-state index < -0.39 is 5.95 Å². The van der Waals surface area contributed by atoms with Crippen molar-refractivity contribution >= 4 is 5.84 Å². The SMILES string of the molecule is CCCN(CCC)C1=NN(F)NC(F)=C1. The molecule has 0 aromatic carbocycles. The summed E-state index contributed by atoms with van der Waals surface area (Å²) in [4.78, 5) is 1.85. The van der Waals surface area contributed by atoms with Crippen LogP contribution in [0.2, 0.25) is 0 Å². The largest absolute Gasteiger partial charge is 0.355 e. The Morgan fingerprint density at radius 3 is 2.47 bits per heavy atom. The van der Waals surface area contributed by atoms with Crippen LogP contribution < -0.4 is 5.43 Å². The molecule has 0 spiro atoms. The zero-order valence-corrected chi connectivity index (χ0v) is 9.00. The minimum atomic E-state index is -0.736. The number of hydrazone groups is 1. The van der Waals surface area contributed by atoms with E-state index in [1.165, 1.54) is 6.08 Å². The molecule has 1 heterocycles. The lowest BCUT2D eigenvalue weighted by Crippen LogP contribution is -2.38. The molecule has 1 rings (SSSR count). The molecule has 0 fully saturated rings. The van der Waals surface area contributed by atoms with Crippen molar-refractivity contribution in [2.45, 2.75) is 26.7 Å². The number of halogens is 2. The monoisotopic (exact) mass is 218 g/mol. The first-order valence-electron chi connectivity index (χ1n) is 5.10. The Morgan fingerprint density at radius 2 is 2.00 bits per heavy atom. The van der Waals surface area contributed by atoms with Gasteiger partial charge in [-0.1, -0.05) is 18.3 Å². The zero-order chi connectivity index (χ0) is 11.3. The van der Waals surface area contributed by atoms with Crippen molar-refractivity contribution in [3.63, 3.8) is 0 Å². The van der Waals surface area contributed by atoms with E-state index in [4.69, 9.17) is 0 Å². The van der Waals surface area contributed by atoms with E-state index in [0.717, 1.165) is 25.9 Å². The zero-order valence-electron chi connectivity index (χ0n) is 9.00. The summed E-state index contributed by atoms with van der Waals surface area (Å²) in [5, 5.41) is 3.44. The Hall–Kier alpha value is -1.33. The standard InChI is InChI=1S/C9H16F2N4/c1-3-5-14(6-4-2)9-7-8(10)12-15(11)13-9/h7,12H,3-6H2,1-2H3. The molecule has 0 aromatic heterocycles. The number of hydrogen-bond donors (Lipinski definition) is 1. The Bertz CT molecular complexity index is 259. The number of rotatable bonds is 4. The second-order valence-electron chi connectivity index (χ2n) is 3.31. The lowest BCUT2D eigenvalue weighted by molar-refractivity contribution is -0.0294. The first-order chi connectivity index (χ1) is 7.17. The fourth-order valence-corrected chi connectivity index (χ4v) is 1.41. The fourth-order valence-electron chi connectivity index (χ4n) is 1.41. The summed E-state index contributed by atoms with van der Waals surface area (Å²) in [6.07, 6.45) is 3.02. The van der Waals surface area contributed by atoms with E-state index in [1.54, 1.807) is 5.43 Å². The lowest BCUT2D eigenvalue weighted by atomic mass is 10.3. The van der Waals surface area contributed by atoms with Crippen molar-refractivity contribution in [2.24, 2.45) is 5.10 Å². The van der Waals surface area contributed by atoms with E-state index in [0.29, 0.717) is 5.84 Å². The van der Waals surface area contributed by atoms with Crippen LogP contribution in [-0.4, -0.2) is 29.2 Å². The molecule has 0 aliphatic carbocycles. The van der Waals surface area contributed by atoms with Gasteiger partial charge in [0.15, 0.2) is 5.84 Å². The maximum Gasteiger partial charge on any atom is 0.212 e. The topological polar surface area (TPSA) is 30.9 Å². The van der Waals surface area contributed by atoms with Crippen molar-refractivity contribution in [2.75, 3.05) is 13.1 Å². The van der Waals surface area contributed by atoms with Crippen molar-refractivity contribution in [1.29, 1.82) is 0 Å². The summed E-state index contributed by atoms with van der Waals surface area (Å²) in [6.45, 7) is 5.50. The number of nitrogens with one attached hydrogen (secondary N) is 1. The van der Waals surface area contributed by atoms with Gasteiger partial charge in [-0.2, -0.15) is 4.39 Å². The summed E-state index contributed by atoms with van der Waals surface area (Å²) in [7, 11) is 0. The van der Waals surface area contributed by atoms with Crippen LogP contribution in [0.15, 0.2) is 17.1 Å². The highest BCUT2D eigenvalue weighted by atomic mass is 19.2. The normalized spacial score (nSPS) is 15.6. The van der Waals surface area contributed by atoms with Gasteiger partial charge in [0.1, 0.15) is 0 Å². The fraction of sp³-hybridized carbons (Fsp3) is 0.667. The van der Waals surface area contributed by atoms with Gasteiger partial charge in [0, 0.05) is 19.2 Å². The molecule has 86 valence electrons. The highest BCUT2D eigenvalue weighted by Crippen LogP contribution is 2.08. The maximum absolute atomic E-state index is 12.9. The van der Waals surface area contributed by atoms with Crippen molar-refractivity contribution in [3.8, 4) is 0 Å². The molecule has 1 aliphatic rings. The molecule has 0 atom stereocenters. The van der Waals surface area contributed by atoms with Gasteiger partial charge in [0.05, 0.1) is 0 Å². The number of hydrogen-bond acceptors (Lipinski definition) is 4. The minimum absolute atomic E-state index is 0.108. The van der Waals surface area contributed by atoms with Gasteiger partial charge < -0.3 is 4.90 Å².